The SMILES string of the molecule is CCS(=O)(=O)c1ccc(NC2CCN(C3CCN(c4cnc(Cl)cn4)CC3)C2=O)c(F)c1. The molecule has 4 rings (SSSR count). The Morgan fingerprint density at radius 2 is 1.91 bits per heavy atom. The second kappa shape index (κ2) is 9.19. The van der Waals surface area contributed by atoms with Crippen LogP contribution >= 0.6 is 11.6 Å². The van der Waals surface area contributed by atoms with Crippen LogP contribution in [0.5, 0.6) is 0 Å². The number of likely N-dealkylation sites (tertiary alicyclic amines) is 1. The van der Waals surface area contributed by atoms with Crippen molar-refractivity contribution in [2.75, 3.05) is 35.6 Å². The van der Waals surface area contributed by atoms with Crippen LogP contribution in [0.25, 0.3) is 0 Å². The number of halogens is 2. The van der Waals surface area contributed by atoms with Crippen LogP contribution in [0.4, 0.5) is 15.9 Å². The molecule has 0 bridgehead atoms. The third-order valence-corrected chi connectivity index (χ3v) is 8.01. The normalized spacial score (nSPS) is 20.1. The lowest BCUT2D eigenvalue weighted by Crippen LogP contribution is -2.47. The number of benzene rings is 1. The minimum Gasteiger partial charge on any atom is -0.371 e. The Bertz CT molecular complexity index is 1090. The molecule has 0 aliphatic carbocycles. The molecule has 1 aromatic heterocycles. The van der Waals surface area contributed by atoms with Crippen molar-refractivity contribution in [3.63, 3.8) is 0 Å². The Morgan fingerprint density at radius 1 is 1.16 bits per heavy atom. The number of hydrogen-bond donors (Lipinski definition) is 1. The van der Waals surface area contributed by atoms with E-state index in [1.165, 1.54) is 25.3 Å². The molecule has 1 N–H and O–H groups in total. The summed E-state index contributed by atoms with van der Waals surface area (Å²) in [7, 11) is -3.49. The average molecular weight is 482 g/mol. The minimum atomic E-state index is -3.49. The molecule has 3 heterocycles. The number of nitrogens with zero attached hydrogens (tertiary/aromatic N) is 4. The molecular formula is C21H25ClFN5O3S. The smallest absolute Gasteiger partial charge is 0.245 e. The summed E-state index contributed by atoms with van der Waals surface area (Å²) in [5.41, 5.74) is 0.136. The van der Waals surface area contributed by atoms with Gasteiger partial charge in [-0.25, -0.2) is 22.8 Å². The molecule has 0 radical (unpaired) electrons. The Morgan fingerprint density at radius 3 is 2.53 bits per heavy atom. The third kappa shape index (κ3) is 4.66. The molecule has 1 atom stereocenters. The van der Waals surface area contributed by atoms with Crippen molar-refractivity contribution in [1.82, 2.24) is 14.9 Å². The molecule has 1 unspecified atom stereocenters. The maximum Gasteiger partial charge on any atom is 0.245 e. The van der Waals surface area contributed by atoms with E-state index in [2.05, 4.69) is 20.2 Å². The van der Waals surface area contributed by atoms with Crippen molar-refractivity contribution in [2.45, 2.75) is 43.2 Å². The van der Waals surface area contributed by atoms with Gasteiger partial charge in [0.25, 0.3) is 0 Å². The zero-order valence-electron chi connectivity index (χ0n) is 17.7. The highest BCUT2D eigenvalue weighted by Gasteiger charge is 2.37. The molecule has 2 aliphatic rings. The molecule has 2 fully saturated rings. The fourth-order valence-corrected chi connectivity index (χ4v) is 5.22. The van der Waals surface area contributed by atoms with E-state index in [9.17, 15) is 17.6 Å². The van der Waals surface area contributed by atoms with Gasteiger partial charge in [-0.2, -0.15) is 0 Å². The van der Waals surface area contributed by atoms with Gasteiger partial charge in [0, 0.05) is 25.7 Å². The molecule has 2 aliphatic heterocycles. The van der Waals surface area contributed by atoms with E-state index in [4.69, 9.17) is 11.6 Å². The van der Waals surface area contributed by atoms with Gasteiger partial charge in [-0.3, -0.25) is 4.79 Å². The topological polar surface area (TPSA) is 95.5 Å². The Labute approximate surface area is 191 Å². The number of sulfone groups is 1. The Hall–Kier alpha value is -2.46. The zero-order chi connectivity index (χ0) is 22.9. The first kappa shape index (κ1) is 22.7. The predicted molar refractivity (Wildman–Crippen MR) is 120 cm³/mol. The largest absolute Gasteiger partial charge is 0.371 e. The second-order valence-corrected chi connectivity index (χ2v) is 10.6. The second-order valence-electron chi connectivity index (χ2n) is 7.98. The van der Waals surface area contributed by atoms with Gasteiger partial charge in [0.15, 0.2) is 9.84 Å². The Balaban J connectivity index is 1.36. The van der Waals surface area contributed by atoms with Gasteiger partial charge in [0.05, 0.1) is 28.7 Å². The number of anilines is 2. The molecule has 11 heteroatoms. The van der Waals surface area contributed by atoms with Gasteiger partial charge >= 0.3 is 0 Å². The molecule has 2 saturated heterocycles. The standard InChI is InChI=1S/C21H25ClFN5O3S/c1-2-32(30,31)15-3-4-17(16(23)11-15)26-18-7-10-28(21(18)29)14-5-8-27(9-6-14)20-13-24-19(22)12-25-20/h3-4,11-14,18,26H,2,5-10H2,1H3. The van der Waals surface area contributed by atoms with Crippen LogP contribution in [0.1, 0.15) is 26.2 Å². The number of piperidine rings is 1. The lowest BCUT2D eigenvalue weighted by Gasteiger charge is -2.37. The fraction of sp³-hybridized carbons (Fsp3) is 0.476. The molecule has 8 nitrogen and oxygen atoms in total. The van der Waals surface area contributed by atoms with Crippen molar-refractivity contribution in [1.29, 1.82) is 0 Å². The number of nitrogens with one attached hydrogen (secondary N) is 1. The first-order chi connectivity index (χ1) is 15.3. The van der Waals surface area contributed by atoms with Gasteiger partial charge in [-0.1, -0.05) is 18.5 Å². The number of rotatable bonds is 6. The summed E-state index contributed by atoms with van der Waals surface area (Å²) < 4.78 is 38.4. The molecule has 32 heavy (non-hydrogen) atoms. The van der Waals surface area contributed by atoms with Gasteiger partial charge in [0.1, 0.15) is 22.8 Å². The number of hydrogen-bond acceptors (Lipinski definition) is 7. The summed E-state index contributed by atoms with van der Waals surface area (Å²) >= 11 is 5.80. The predicted octanol–water partition coefficient (Wildman–Crippen LogP) is 2.74. The summed E-state index contributed by atoms with van der Waals surface area (Å²) in [6.07, 6.45) is 5.35. The quantitative estimate of drug-likeness (QED) is 0.677. The van der Waals surface area contributed by atoms with Crippen LogP contribution in [-0.4, -0.2) is 66.7 Å². The Kier molecular flexibility index (Phi) is 6.52. The molecule has 1 amide bonds. The maximum absolute atomic E-state index is 14.5. The van der Waals surface area contributed by atoms with Crippen LogP contribution in [0, 0.1) is 5.82 Å². The maximum atomic E-state index is 14.5. The first-order valence-corrected chi connectivity index (χ1v) is 12.6. The molecule has 1 aromatic carbocycles. The molecule has 0 saturated carbocycles. The summed E-state index contributed by atoms with van der Waals surface area (Å²) in [4.78, 5) is 25.3. The number of carbonyl (C=O) groups excluding carboxylic acids is 1. The number of amides is 1. The summed E-state index contributed by atoms with van der Waals surface area (Å²) in [5.74, 6) is -0.0645. The van der Waals surface area contributed by atoms with Crippen molar-refractivity contribution in [2.24, 2.45) is 0 Å². The van der Waals surface area contributed by atoms with E-state index < -0.39 is 21.7 Å². The van der Waals surface area contributed by atoms with E-state index >= 15 is 0 Å². The van der Waals surface area contributed by atoms with E-state index in [-0.39, 0.29) is 28.3 Å². The summed E-state index contributed by atoms with van der Waals surface area (Å²) in [6, 6.07) is 3.36. The van der Waals surface area contributed by atoms with Crippen molar-refractivity contribution >= 4 is 38.9 Å². The number of carbonyl (C=O) groups is 1. The lowest BCUT2D eigenvalue weighted by molar-refractivity contribution is -0.130. The molecular weight excluding hydrogens is 457 g/mol. The monoisotopic (exact) mass is 481 g/mol. The van der Waals surface area contributed by atoms with Crippen LogP contribution in [-0.2, 0) is 14.6 Å². The highest BCUT2D eigenvalue weighted by atomic mass is 35.5. The number of aromatic nitrogens is 2. The first-order valence-electron chi connectivity index (χ1n) is 10.6. The highest BCUT2D eigenvalue weighted by Crippen LogP contribution is 2.27. The van der Waals surface area contributed by atoms with Crippen molar-refractivity contribution in [3.05, 3.63) is 41.6 Å². The van der Waals surface area contributed by atoms with E-state index in [0.29, 0.717) is 18.1 Å². The van der Waals surface area contributed by atoms with E-state index in [1.807, 2.05) is 4.90 Å². The van der Waals surface area contributed by atoms with Gasteiger partial charge in [0.2, 0.25) is 5.91 Å². The summed E-state index contributed by atoms with van der Waals surface area (Å²) in [5, 5.41) is 3.31. The molecule has 172 valence electrons. The third-order valence-electron chi connectivity index (χ3n) is 6.09. The zero-order valence-corrected chi connectivity index (χ0v) is 19.2. The van der Waals surface area contributed by atoms with Gasteiger partial charge in [-0.15, -0.1) is 0 Å². The van der Waals surface area contributed by atoms with E-state index in [0.717, 1.165) is 37.8 Å². The molecule has 0 spiro atoms. The fourth-order valence-electron chi connectivity index (χ4n) is 4.23. The van der Waals surface area contributed by atoms with Crippen LogP contribution in [0.2, 0.25) is 5.15 Å². The van der Waals surface area contributed by atoms with Gasteiger partial charge in [-0.05, 0) is 37.5 Å². The van der Waals surface area contributed by atoms with Crippen LogP contribution < -0.4 is 10.2 Å². The summed E-state index contributed by atoms with van der Waals surface area (Å²) in [6.45, 7) is 3.63. The van der Waals surface area contributed by atoms with Crippen molar-refractivity contribution < 1.29 is 17.6 Å². The highest BCUT2D eigenvalue weighted by molar-refractivity contribution is 7.91. The minimum absolute atomic E-state index is 0.0560. The average Bonchev–Trinajstić information content (AvgIpc) is 3.15. The lowest BCUT2D eigenvalue weighted by atomic mass is 10.0. The van der Waals surface area contributed by atoms with Gasteiger partial charge < -0.3 is 15.1 Å². The van der Waals surface area contributed by atoms with E-state index in [1.54, 1.807) is 6.20 Å². The van der Waals surface area contributed by atoms with Crippen LogP contribution in [0.3, 0.4) is 0 Å². The van der Waals surface area contributed by atoms with Crippen LogP contribution in [0.15, 0.2) is 35.5 Å². The molecule has 2 aromatic rings. The van der Waals surface area contributed by atoms with Crippen molar-refractivity contribution in [3.8, 4) is 0 Å².